The summed E-state index contributed by atoms with van der Waals surface area (Å²) in [6.45, 7) is -5.59. The van der Waals surface area contributed by atoms with Gasteiger partial charge in [0.2, 0.25) is 23.6 Å². The van der Waals surface area contributed by atoms with Crippen LogP contribution in [0.1, 0.15) is 34.6 Å². The number of carbonyl (C=O) groups is 4. The first kappa shape index (κ1) is 104. The molecule has 0 aromatic rings. The zero-order valence-corrected chi connectivity index (χ0v) is 68.1. The van der Waals surface area contributed by atoms with Crippen LogP contribution in [0, 0.1) is 0 Å². The third kappa shape index (κ3) is 23.6. The van der Waals surface area contributed by atoms with Crippen molar-refractivity contribution >= 4 is 34.0 Å². The molecule has 0 aliphatic carbocycles. The van der Waals surface area contributed by atoms with E-state index in [0.29, 0.717) is 0 Å². The van der Waals surface area contributed by atoms with Crippen LogP contribution in [0.4, 0.5) is 0 Å². The minimum atomic E-state index is -5.53. The van der Waals surface area contributed by atoms with E-state index in [1.54, 1.807) is 0 Å². The van der Waals surface area contributed by atoms with Crippen molar-refractivity contribution in [2.24, 2.45) is 0 Å². The van der Waals surface area contributed by atoms with Gasteiger partial charge in [-0.15, -0.1) is 0 Å². The number of ether oxygens (including phenoxy) is 19. The molecule has 0 aromatic heterocycles. The highest BCUT2D eigenvalue weighted by molar-refractivity contribution is 7.80. The van der Waals surface area contributed by atoms with E-state index in [4.69, 9.17) is 90.0 Å². The number of nitrogens with one attached hydrogen (secondary N) is 4. The normalized spacial score (nSPS) is 48.6. The first-order chi connectivity index (χ1) is 59.3. The third-order valence-corrected chi connectivity index (χ3v) is 23.1. The predicted molar refractivity (Wildman–Crippen MR) is 385 cm³/mol. The Morgan fingerprint density at radius 1 is 0.262 bits per heavy atom. The van der Waals surface area contributed by atoms with Crippen molar-refractivity contribution in [3.05, 3.63) is 0 Å². The number of hydrogen-bond donors (Lipinski definition) is 31. The fourth-order valence-electron chi connectivity index (χ4n) is 15.9. The van der Waals surface area contributed by atoms with Crippen LogP contribution in [0.15, 0.2) is 0 Å². The Morgan fingerprint density at radius 3 is 0.960 bits per heavy atom. The van der Waals surface area contributed by atoms with Gasteiger partial charge in [0.25, 0.3) is 0 Å². The van der Waals surface area contributed by atoms with E-state index < -0.39 is 400 Å². The van der Waals surface area contributed by atoms with E-state index in [0.717, 1.165) is 27.7 Å². The second kappa shape index (κ2) is 44.9. The maximum Gasteiger partial charge on any atom is 0.397 e. The average Bonchev–Trinajstić information content (AvgIpc) is 0.766. The molecule has 57 nitrogen and oxygen atoms in total. The lowest BCUT2D eigenvalue weighted by molar-refractivity contribution is -0.399. The molecule has 0 radical (unpaired) electrons. The number of hydrogen-bond acceptors (Lipinski definition) is 52. The summed E-state index contributed by atoms with van der Waals surface area (Å²) < 4.78 is 151. The van der Waals surface area contributed by atoms with Crippen molar-refractivity contribution in [3.8, 4) is 0 Å². The summed E-state index contributed by atoms with van der Waals surface area (Å²) in [4.78, 5) is 51.8. The molecule has 0 spiro atoms. The van der Waals surface area contributed by atoms with Gasteiger partial charge in [-0.3, -0.25) is 23.7 Å². The molecule has 31 N–H and O–H groups in total. The number of rotatable bonds is 33. The molecule has 0 bridgehead atoms. The number of aliphatic hydroxyl groups is 26. The van der Waals surface area contributed by atoms with Crippen LogP contribution in [-0.2, 0) is 124 Å². The zero-order valence-electron chi connectivity index (χ0n) is 67.3. The van der Waals surface area contributed by atoms with Gasteiger partial charge >= 0.3 is 10.4 Å². The van der Waals surface area contributed by atoms with Crippen LogP contribution >= 0.6 is 0 Å². The van der Waals surface area contributed by atoms with Gasteiger partial charge in [-0.25, -0.2) is 4.18 Å². The quantitative estimate of drug-likeness (QED) is 0.0271. The zero-order chi connectivity index (χ0) is 93.0. The average molecular weight is 1870 g/mol. The largest absolute Gasteiger partial charge is 0.397 e. The minimum absolute atomic E-state index is 0.848. The van der Waals surface area contributed by atoms with E-state index >= 15 is 0 Å². The molecule has 10 fully saturated rings. The smallest absolute Gasteiger partial charge is 0.394 e. The summed E-state index contributed by atoms with van der Waals surface area (Å²) in [5, 5.41) is 300. The summed E-state index contributed by atoms with van der Waals surface area (Å²) in [5.74, 6) is -3.93. The second-order valence-corrected chi connectivity index (χ2v) is 32.6. The van der Waals surface area contributed by atoms with Gasteiger partial charge in [0.15, 0.2) is 62.9 Å². The Balaban J connectivity index is 1.00. The van der Waals surface area contributed by atoms with Crippen molar-refractivity contribution in [1.29, 1.82) is 0 Å². The standard InChI is InChI=1S/C68H114N4O53S/c1-15-33(83)43(93)48(98)63(109-15)106-13-27-54(39(89)29(59(102)110-27)69-16(2)79)119-60-30(70-17(3)80)40(90)53(25(11-78)115-60)121-66-51(101)56(123-68-58(47(97)37(87)23(9-76)114-68)125-62-32(72-19(5)82)42(92)55(28(118-62)14-108-126(103,104)105)122-65-50(100)45(95)35(85)21(7-74)112-65)38(88)26(117-66)12-107-67-57(46(96)36(86)22(8-75)113-67)124-61-31(71-18(4)81)41(91)52(24(10-77)116-61)120-64-49(99)44(94)34(84)20(6-73)111-64/h15,20-68,73-78,83-102H,6-14H2,1-5H3,(H,69,79)(H,70,80)(H,71,81)(H,72,82)(H,103,104,105)/t15-,20+,21+,22+,23+,24+,25+,26+,27+,28+,29+,30+,31+,32+,33+,34-,35-,36+,37+,38+,39+,40+,41+,42+,43+,44-,45-,46-,47-,48-,49+,50+,51-,52+,53+,54+,55+,56-,57-,58-,59+,60-,61-,62-,63+,64-,65-,66-,67-,68+/m0/s1. The molecule has 50 atom stereocenters. The Kier molecular flexibility index (Phi) is 37.0. The molecular formula is C68H114N4O53S. The molecule has 10 saturated heterocycles. The number of carbonyl (C=O) groups excluding carboxylic acids is 4. The van der Waals surface area contributed by atoms with Crippen LogP contribution in [0.2, 0.25) is 0 Å². The third-order valence-electron chi connectivity index (χ3n) is 22.6. The van der Waals surface area contributed by atoms with Gasteiger partial charge in [-0.1, -0.05) is 0 Å². The fourth-order valence-corrected chi connectivity index (χ4v) is 16.2. The maximum absolute atomic E-state index is 13.3. The van der Waals surface area contributed by atoms with Crippen LogP contribution in [0.5, 0.6) is 0 Å². The van der Waals surface area contributed by atoms with Crippen molar-refractivity contribution in [2.45, 2.75) is 341 Å². The molecule has 0 unspecified atom stereocenters. The highest BCUT2D eigenvalue weighted by Crippen LogP contribution is 2.41. The lowest BCUT2D eigenvalue weighted by Gasteiger charge is -2.51. The van der Waals surface area contributed by atoms with Crippen LogP contribution in [0.3, 0.4) is 0 Å². The highest BCUT2D eigenvalue weighted by atomic mass is 32.3. The van der Waals surface area contributed by atoms with Crippen molar-refractivity contribution in [1.82, 2.24) is 21.3 Å². The van der Waals surface area contributed by atoms with E-state index in [-0.39, 0.29) is 0 Å². The SMILES string of the molecule is CC(=O)N[C@@H]1[C@@H](O)[C@H](O[C@@H]2O[C@H](CO)[C@@H](O[C@@H]3O[C@H](CO[C@H]4O[C@H](CO)[C@@H](O)[C@H](O)[C@@H]4O[C@@H]4O[C@H](CO)[C@@H](O[C@@H]5O[C@H](CO)[C@H](O)[C@H](O)[C@H]5O)[C@H](O)[C@H]4NC(C)=O)[C@@H](O)[C@H](O[C@H]4O[C@H](CO)[C@@H](O)[C@H](O)[C@@H]4O[C@@H]4O[C@H](COS(=O)(=O)O)[C@@H](O[C@@H]5O[C@H](CO)[C@H](O)[C@H](O)[C@H]5O)[C@H](O)[C@H]4NC(C)=O)[C@@H]3O)[C@H](O)[C@H]2NC(C)=O)[C@@H](CO[C@@H]2O[C@@H](C)[C@@H](O)[C@@H](O)[C@@H]2O)O[C@H]1O. The Morgan fingerprint density at radius 2 is 0.548 bits per heavy atom. The fraction of sp³-hybridized carbons (Fsp3) is 0.941. The highest BCUT2D eigenvalue weighted by Gasteiger charge is 2.62. The van der Waals surface area contributed by atoms with Gasteiger partial charge in [0, 0.05) is 27.7 Å². The molecule has 10 rings (SSSR count). The Bertz CT molecular complexity index is 3570. The molecular weight excluding hydrogens is 1750 g/mol. The molecule has 126 heavy (non-hydrogen) atoms. The molecule has 4 amide bonds. The van der Waals surface area contributed by atoms with Gasteiger partial charge in [0.05, 0.1) is 65.6 Å². The maximum atomic E-state index is 13.3. The summed E-state index contributed by atoms with van der Waals surface area (Å²) >= 11 is 0. The van der Waals surface area contributed by atoms with Crippen molar-refractivity contribution < 1.29 is 259 Å². The lowest BCUT2D eigenvalue weighted by Crippen LogP contribution is -2.71. The predicted octanol–water partition coefficient (Wildman–Crippen LogP) is -21.4. The molecule has 10 aliphatic rings. The molecule has 10 aliphatic heterocycles. The molecule has 10 heterocycles. The molecule has 0 aromatic carbocycles. The summed E-state index contributed by atoms with van der Waals surface area (Å²) in [5.41, 5.74) is 0. The number of aliphatic hydroxyl groups excluding tert-OH is 26. The molecule has 730 valence electrons. The van der Waals surface area contributed by atoms with Gasteiger partial charge in [-0.05, 0) is 6.92 Å². The monoisotopic (exact) mass is 1870 g/mol. The van der Waals surface area contributed by atoms with Crippen LogP contribution in [0.25, 0.3) is 0 Å². The first-order valence-corrected chi connectivity index (χ1v) is 41.0. The van der Waals surface area contributed by atoms with E-state index in [1.165, 1.54) is 6.92 Å². The van der Waals surface area contributed by atoms with E-state index in [1.807, 2.05) is 0 Å². The van der Waals surface area contributed by atoms with Crippen molar-refractivity contribution in [3.63, 3.8) is 0 Å². The van der Waals surface area contributed by atoms with Gasteiger partial charge < -0.3 is 244 Å². The summed E-state index contributed by atoms with van der Waals surface area (Å²) in [6.07, 6.45) is -98.5. The Hall–Kier alpha value is -4.05. The Labute approximate surface area is 713 Å². The van der Waals surface area contributed by atoms with Crippen LogP contribution in [-0.4, -0.2) is 536 Å². The molecule has 0 saturated carbocycles. The van der Waals surface area contributed by atoms with E-state index in [2.05, 4.69) is 25.5 Å². The minimum Gasteiger partial charge on any atom is -0.394 e. The topological polar surface area (TPSA) is 881 Å². The van der Waals surface area contributed by atoms with E-state index in [9.17, 15) is 165 Å². The number of amides is 4. The lowest BCUT2D eigenvalue weighted by atomic mass is 9.93. The van der Waals surface area contributed by atoms with Crippen LogP contribution < -0.4 is 21.3 Å². The molecule has 58 heteroatoms. The second-order valence-electron chi connectivity index (χ2n) is 31.5. The summed E-state index contributed by atoms with van der Waals surface area (Å²) in [7, 11) is -5.53. The first-order valence-electron chi connectivity index (χ1n) is 39.7. The van der Waals surface area contributed by atoms with Crippen molar-refractivity contribution in [2.75, 3.05) is 59.5 Å². The van der Waals surface area contributed by atoms with Gasteiger partial charge in [-0.2, -0.15) is 8.42 Å². The van der Waals surface area contributed by atoms with Gasteiger partial charge in [0.1, 0.15) is 238 Å². The summed E-state index contributed by atoms with van der Waals surface area (Å²) in [6, 6.07) is -7.95.